The molecular weight excluding hydrogens is 277 g/mol. The summed E-state index contributed by atoms with van der Waals surface area (Å²) < 4.78 is 62.2. The third-order valence-corrected chi connectivity index (χ3v) is 3.00. The molecule has 0 aromatic heterocycles. The Balaban J connectivity index is 2.50. The highest BCUT2D eigenvalue weighted by molar-refractivity contribution is 5.81. The van der Waals surface area contributed by atoms with E-state index in [1.165, 1.54) is 0 Å². The Morgan fingerprint density at radius 2 is 1.58 bits per heavy atom. The lowest BCUT2D eigenvalue weighted by molar-refractivity contribution is -0.187. The first-order valence-electron chi connectivity index (χ1n) is 5.51. The second-order valence-corrected chi connectivity index (χ2v) is 4.45. The summed E-state index contributed by atoms with van der Waals surface area (Å²) in [6.07, 6.45) is -6.02. The highest BCUT2D eigenvalue weighted by Crippen LogP contribution is 2.31. The van der Waals surface area contributed by atoms with Gasteiger partial charge in [-0.25, -0.2) is 4.79 Å². The van der Waals surface area contributed by atoms with E-state index in [0.717, 1.165) is 0 Å². The number of aliphatic carboxylic acids is 1. The van der Waals surface area contributed by atoms with E-state index < -0.39 is 36.3 Å². The van der Waals surface area contributed by atoms with Gasteiger partial charge >= 0.3 is 24.0 Å². The molecule has 4 nitrogen and oxygen atoms in total. The molecular formula is C10H12F5NO3. The van der Waals surface area contributed by atoms with Gasteiger partial charge in [0, 0.05) is 19.5 Å². The zero-order valence-corrected chi connectivity index (χ0v) is 9.71. The molecule has 0 aliphatic carbocycles. The summed E-state index contributed by atoms with van der Waals surface area (Å²) in [5.41, 5.74) is 0. The SMILES string of the molecule is O=C(N1CCC(CC(F)(F)C(=O)O)CC1)C(F)(F)F. The minimum absolute atomic E-state index is 0.0648. The summed E-state index contributed by atoms with van der Waals surface area (Å²) in [5, 5.41) is 8.26. The molecule has 1 aliphatic heterocycles. The Kier molecular flexibility index (Phi) is 4.36. The normalized spacial score (nSPS) is 18.5. The van der Waals surface area contributed by atoms with Crippen molar-refractivity contribution in [3.8, 4) is 0 Å². The van der Waals surface area contributed by atoms with Gasteiger partial charge in [0.15, 0.2) is 0 Å². The summed E-state index contributed by atoms with van der Waals surface area (Å²) in [5.74, 6) is -8.83. The molecule has 0 saturated carbocycles. The van der Waals surface area contributed by atoms with Crippen molar-refractivity contribution in [1.29, 1.82) is 0 Å². The van der Waals surface area contributed by atoms with Crippen LogP contribution >= 0.6 is 0 Å². The highest BCUT2D eigenvalue weighted by atomic mass is 19.4. The van der Waals surface area contributed by atoms with Crippen LogP contribution < -0.4 is 0 Å². The molecule has 1 rings (SSSR count). The van der Waals surface area contributed by atoms with Crippen molar-refractivity contribution >= 4 is 11.9 Å². The molecule has 1 amide bonds. The summed E-state index contributed by atoms with van der Waals surface area (Å²) in [4.78, 5) is 21.7. The van der Waals surface area contributed by atoms with E-state index in [0.29, 0.717) is 4.90 Å². The Morgan fingerprint density at radius 3 is 1.95 bits per heavy atom. The predicted molar refractivity (Wildman–Crippen MR) is 52.6 cm³/mol. The van der Waals surface area contributed by atoms with Gasteiger partial charge in [0.25, 0.3) is 0 Å². The van der Waals surface area contributed by atoms with Crippen molar-refractivity contribution in [2.75, 3.05) is 13.1 Å². The average Bonchev–Trinajstić information content (AvgIpc) is 2.27. The van der Waals surface area contributed by atoms with E-state index >= 15 is 0 Å². The van der Waals surface area contributed by atoms with Crippen LogP contribution in [0.2, 0.25) is 0 Å². The first-order valence-corrected chi connectivity index (χ1v) is 5.51. The smallest absolute Gasteiger partial charge is 0.471 e. The third-order valence-electron chi connectivity index (χ3n) is 3.00. The maximum absolute atomic E-state index is 12.9. The van der Waals surface area contributed by atoms with Crippen LogP contribution in [-0.4, -0.2) is 47.1 Å². The van der Waals surface area contributed by atoms with Crippen LogP contribution in [0.4, 0.5) is 22.0 Å². The molecule has 19 heavy (non-hydrogen) atoms. The largest absolute Gasteiger partial charge is 0.477 e. The topological polar surface area (TPSA) is 57.6 Å². The van der Waals surface area contributed by atoms with Gasteiger partial charge in [-0.1, -0.05) is 0 Å². The number of amides is 1. The first kappa shape index (κ1) is 15.6. The molecule has 110 valence electrons. The lowest BCUT2D eigenvalue weighted by Gasteiger charge is -2.33. The second kappa shape index (κ2) is 5.30. The Labute approximate surface area is 105 Å². The summed E-state index contributed by atoms with van der Waals surface area (Å²) in [7, 11) is 0. The van der Waals surface area contributed by atoms with Gasteiger partial charge in [-0.2, -0.15) is 22.0 Å². The van der Waals surface area contributed by atoms with Crippen molar-refractivity contribution in [3.63, 3.8) is 0 Å². The van der Waals surface area contributed by atoms with Crippen molar-refractivity contribution in [1.82, 2.24) is 4.90 Å². The second-order valence-electron chi connectivity index (χ2n) is 4.45. The lowest BCUT2D eigenvalue weighted by Crippen LogP contribution is -2.46. The van der Waals surface area contributed by atoms with Crippen molar-refractivity contribution < 1.29 is 36.6 Å². The van der Waals surface area contributed by atoms with E-state index in [1.54, 1.807) is 0 Å². The average molecular weight is 289 g/mol. The number of carboxylic acids is 1. The third kappa shape index (κ3) is 4.03. The first-order chi connectivity index (χ1) is 8.54. The van der Waals surface area contributed by atoms with Crippen LogP contribution in [0, 0.1) is 5.92 Å². The quantitative estimate of drug-likeness (QED) is 0.807. The molecule has 1 N–H and O–H groups in total. The Bertz CT molecular complexity index is 361. The van der Waals surface area contributed by atoms with Crippen molar-refractivity contribution in [2.45, 2.75) is 31.4 Å². The highest BCUT2D eigenvalue weighted by Gasteiger charge is 2.45. The summed E-state index contributed by atoms with van der Waals surface area (Å²) in [6, 6.07) is 0. The van der Waals surface area contributed by atoms with Crippen LogP contribution in [0.5, 0.6) is 0 Å². The number of likely N-dealkylation sites (tertiary alicyclic amines) is 1. The maximum atomic E-state index is 12.9. The van der Waals surface area contributed by atoms with Gasteiger partial charge in [0.2, 0.25) is 0 Å². The van der Waals surface area contributed by atoms with Crippen molar-refractivity contribution in [3.05, 3.63) is 0 Å². The molecule has 0 aromatic rings. The number of carbonyl (C=O) groups excluding carboxylic acids is 1. The standard InChI is InChI=1S/C10H12F5NO3/c11-9(12,8(18)19)5-6-1-3-16(4-2-6)7(17)10(13,14)15/h6H,1-5H2,(H,18,19). The molecule has 1 heterocycles. The van der Waals surface area contributed by atoms with E-state index in [1.807, 2.05) is 0 Å². The van der Waals surface area contributed by atoms with Gasteiger partial charge in [0.05, 0.1) is 0 Å². The fourth-order valence-corrected chi connectivity index (χ4v) is 1.97. The number of hydrogen-bond donors (Lipinski definition) is 1. The number of carboxylic acid groups (broad SMARTS) is 1. The minimum Gasteiger partial charge on any atom is -0.477 e. The van der Waals surface area contributed by atoms with Crippen LogP contribution in [0.3, 0.4) is 0 Å². The number of hydrogen-bond acceptors (Lipinski definition) is 2. The molecule has 0 atom stereocenters. The van der Waals surface area contributed by atoms with E-state index in [-0.39, 0.29) is 25.9 Å². The lowest BCUT2D eigenvalue weighted by atomic mass is 9.90. The number of carbonyl (C=O) groups is 2. The van der Waals surface area contributed by atoms with Gasteiger partial charge in [0.1, 0.15) is 0 Å². The Hall–Kier alpha value is -1.41. The van der Waals surface area contributed by atoms with E-state index in [2.05, 4.69) is 0 Å². The van der Waals surface area contributed by atoms with Crippen molar-refractivity contribution in [2.24, 2.45) is 5.92 Å². The van der Waals surface area contributed by atoms with Crippen LogP contribution in [0.1, 0.15) is 19.3 Å². The van der Waals surface area contributed by atoms with E-state index in [9.17, 15) is 31.5 Å². The molecule has 9 heteroatoms. The molecule has 1 fully saturated rings. The zero-order valence-electron chi connectivity index (χ0n) is 9.71. The van der Waals surface area contributed by atoms with Gasteiger partial charge in [-0.3, -0.25) is 4.79 Å². The van der Waals surface area contributed by atoms with Crippen LogP contribution in [0.25, 0.3) is 0 Å². The Morgan fingerprint density at radius 1 is 1.11 bits per heavy atom. The molecule has 0 unspecified atom stereocenters. The molecule has 0 bridgehead atoms. The summed E-state index contributed by atoms with van der Waals surface area (Å²) >= 11 is 0. The summed E-state index contributed by atoms with van der Waals surface area (Å²) in [6.45, 7) is -0.586. The number of rotatable bonds is 3. The molecule has 0 aromatic carbocycles. The number of nitrogens with zero attached hydrogens (tertiary/aromatic N) is 1. The van der Waals surface area contributed by atoms with Crippen LogP contribution in [-0.2, 0) is 9.59 Å². The zero-order chi connectivity index (χ0) is 14.8. The number of alkyl halides is 5. The predicted octanol–water partition coefficient (Wildman–Crippen LogP) is 1.90. The van der Waals surface area contributed by atoms with Crippen LogP contribution in [0.15, 0.2) is 0 Å². The van der Waals surface area contributed by atoms with Gasteiger partial charge in [-0.15, -0.1) is 0 Å². The number of piperidine rings is 1. The fraction of sp³-hybridized carbons (Fsp3) is 0.800. The molecule has 0 radical (unpaired) electrons. The monoisotopic (exact) mass is 289 g/mol. The maximum Gasteiger partial charge on any atom is 0.471 e. The minimum atomic E-state index is -4.97. The molecule has 0 spiro atoms. The van der Waals surface area contributed by atoms with E-state index in [4.69, 9.17) is 5.11 Å². The number of halogens is 5. The molecule has 1 aliphatic rings. The fourth-order valence-electron chi connectivity index (χ4n) is 1.97. The van der Waals surface area contributed by atoms with Gasteiger partial charge < -0.3 is 10.0 Å². The molecule has 1 saturated heterocycles. The van der Waals surface area contributed by atoms with Gasteiger partial charge in [-0.05, 0) is 18.8 Å².